The topological polar surface area (TPSA) is 92.8 Å². The minimum absolute atomic E-state index is 0.0426. The number of aryl methyl sites for hydroxylation is 1. The lowest BCUT2D eigenvalue weighted by molar-refractivity contribution is 0.0592. The Balaban J connectivity index is 1.67. The Kier molecular flexibility index (Phi) is 7.56. The zero-order chi connectivity index (χ0) is 26.0. The van der Waals surface area contributed by atoms with Gasteiger partial charge in [-0.3, -0.25) is 9.36 Å². The number of pyridine rings is 1. The maximum Gasteiger partial charge on any atom is 0.405 e. The van der Waals surface area contributed by atoms with Crippen molar-refractivity contribution in [2.24, 2.45) is 11.7 Å². The lowest BCUT2D eigenvalue weighted by Crippen LogP contribution is -2.25. The van der Waals surface area contributed by atoms with E-state index in [1.165, 1.54) is 37.3 Å². The number of rotatable bonds is 7. The maximum absolute atomic E-state index is 14.3. The molecule has 0 spiro atoms. The number of aromatic nitrogens is 1. The molecule has 1 amide bonds. The zero-order valence-corrected chi connectivity index (χ0v) is 19.9. The van der Waals surface area contributed by atoms with Crippen molar-refractivity contribution in [1.82, 2.24) is 4.57 Å². The van der Waals surface area contributed by atoms with E-state index in [1.54, 1.807) is 0 Å². The Bertz CT molecular complexity index is 1340. The Morgan fingerprint density at radius 3 is 2.58 bits per heavy atom. The fourth-order valence-electron chi connectivity index (χ4n) is 4.21. The van der Waals surface area contributed by atoms with E-state index >= 15 is 0 Å². The van der Waals surface area contributed by atoms with Crippen LogP contribution in [0, 0.1) is 30.3 Å². The lowest BCUT2D eigenvalue weighted by Gasteiger charge is -2.25. The molecule has 2 aromatic carbocycles. The van der Waals surface area contributed by atoms with Crippen LogP contribution in [0.1, 0.15) is 29.3 Å². The first-order valence-electron chi connectivity index (χ1n) is 11.0. The summed E-state index contributed by atoms with van der Waals surface area (Å²) in [6, 6.07) is 8.48. The van der Waals surface area contributed by atoms with Crippen molar-refractivity contribution < 1.29 is 32.2 Å². The van der Waals surface area contributed by atoms with Crippen LogP contribution >= 0.6 is 11.6 Å². The molecule has 7 nitrogen and oxygen atoms in total. The molecule has 2 atom stereocenters. The number of ether oxygens (including phenoxy) is 3. The van der Waals surface area contributed by atoms with Gasteiger partial charge in [0.05, 0.1) is 6.61 Å². The van der Waals surface area contributed by atoms with E-state index in [-0.39, 0.29) is 24.0 Å². The molecule has 11 heteroatoms. The predicted octanol–water partition coefficient (Wildman–Crippen LogP) is 4.97. The van der Waals surface area contributed by atoms with E-state index in [9.17, 15) is 22.8 Å². The fourth-order valence-corrected chi connectivity index (χ4v) is 4.41. The van der Waals surface area contributed by atoms with Gasteiger partial charge in [-0.15, -0.1) is 0 Å². The third-order valence-corrected chi connectivity index (χ3v) is 6.24. The number of benzene rings is 2. The van der Waals surface area contributed by atoms with Gasteiger partial charge in [0.2, 0.25) is 0 Å². The molecule has 0 aliphatic carbocycles. The van der Waals surface area contributed by atoms with Gasteiger partial charge >= 0.3 is 6.09 Å². The predicted molar refractivity (Wildman–Crippen MR) is 125 cm³/mol. The van der Waals surface area contributed by atoms with Crippen LogP contribution in [-0.2, 0) is 16.1 Å². The smallest absolute Gasteiger partial charge is 0.405 e. The third-order valence-electron chi connectivity index (χ3n) is 5.89. The molecule has 36 heavy (non-hydrogen) atoms. The van der Waals surface area contributed by atoms with Crippen molar-refractivity contribution in [2.75, 3.05) is 13.2 Å². The standard InChI is InChI=1S/C25H22ClF3N2O5/c1-13-9-20(21(26)24(32)31(13)22-18(28)3-2-4-19(22)29)35-12-14-5-6-16(27)10-17(14)23(36-25(30)33)15-7-8-34-11-15/h2-6,9-10,15,23H,7-8,11-12H2,1H3,(H2,30,33). The second kappa shape index (κ2) is 10.6. The fraction of sp³-hybridized carbons (Fsp3) is 0.280. The summed E-state index contributed by atoms with van der Waals surface area (Å²) in [5.74, 6) is -2.72. The van der Waals surface area contributed by atoms with Gasteiger partial charge in [0.15, 0.2) is 0 Å². The Morgan fingerprint density at radius 1 is 1.22 bits per heavy atom. The van der Waals surface area contributed by atoms with Crippen LogP contribution in [-0.4, -0.2) is 23.9 Å². The number of amides is 1. The molecule has 3 aromatic rings. The highest BCUT2D eigenvalue weighted by molar-refractivity contribution is 6.31. The first-order valence-corrected chi connectivity index (χ1v) is 11.4. The van der Waals surface area contributed by atoms with Crippen LogP contribution < -0.4 is 16.0 Å². The summed E-state index contributed by atoms with van der Waals surface area (Å²) in [6.07, 6.45) is -1.33. The number of carbonyl (C=O) groups excluding carboxylic acids is 1. The van der Waals surface area contributed by atoms with Gasteiger partial charge in [-0.2, -0.15) is 0 Å². The molecule has 1 fully saturated rings. The quantitative estimate of drug-likeness (QED) is 0.473. The number of para-hydroxylation sites is 1. The molecule has 1 saturated heterocycles. The molecule has 1 aliphatic rings. The van der Waals surface area contributed by atoms with Crippen LogP contribution in [0.5, 0.6) is 5.75 Å². The molecule has 2 N–H and O–H groups in total. The van der Waals surface area contributed by atoms with E-state index in [0.717, 1.165) is 16.7 Å². The molecule has 1 aromatic heterocycles. The van der Waals surface area contributed by atoms with Gasteiger partial charge in [0.1, 0.15) is 46.6 Å². The molecule has 0 saturated carbocycles. The number of hydrogen-bond acceptors (Lipinski definition) is 5. The Hall–Kier alpha value is -3.50. The van der Waals surface area contributed by atoms with E-state index < -0.39 is 45.9 Å². The normalized spacial score (nSPS) is 16.1. The van der Waals surface area contributed by atoms with E-state index in [4.69, 9.17) is 31.5 Å². The number of nitrogens with two attached hydrogens (primary N) is 1. The minimum Gasteiger partial charge on any atom is -0.487 e. The van der Waals surface area contributed by atoms with Gasteiger partial charge in [0, 0.05) is 29.8 Å². The van der Waals surface area contributed by atoms with E-state index in [1.807, 2.05) is 0 Å². The summed E-state index contributed by atoms with van der Waals surface area (Å²) < 4.78 is 60.1. The Labute approximate surface area is 209 Å². The average Bonchev–Trinajstić information content (AvgIpc) is 3.36. The number of halogens is 4. The van der Waals surface area contributed by atoms with Crippen LogP contribution in [0.3, 0.4) is 0 Å². The number of nitrogens with zero attached hydrogens (tertiary/aromatic N) is 1. The van der Waals surface area contributed by atoms with Crippen molar-refractivity contribution in [1.29, 1.82) is 0 Å². The lowest BCUT2D eigenvalue weighted by atomic mass is 9.91. The van der Waals surface area contributed by atoms with Crippen molar-refractivity contribution in [3.05, 3.63) is 92.1 Å². The summed E-state index contributed by atoms with van der Waals surface area (Å²) in [5, 5.41) is -0.402. The molecular weight excluding hydrogens is 501 g/mol. The molecular formula is C25H22ClF3N2O5. The number of hydrogen-bond donors (Lipinski definition) is 1. The highest BCUT2D eigenvalue weighted by Gasteiger charge is 2.32. The molecule has 4 rings (SSSR count). The Morgan fingerprint density at radius 2 is 1.94 bits per heavy atom. The largest absolute Gasteiger partial charge is 0.487 e. The third kappa shape index (κ3) is 5.19. The molecule has 190 valence electrons. The minimum atomic E-state index is -1.02. The van der Waals surface area contributed by atoms with Gasteiger partial charge in [-0.1, -0.05) is 23.7 Å². The summed E-state index contributed by atoms with van der Waals surface area (Å²) in [7, 11) is 0. The molecule has 0 radical (unpaired) electrons. The molecule has 2 unspecified atom stereocenters. The van der Waals surface area contributed by atoms with Crippen molar-refractivity contribution in [2.45, 2.75) is 26.1 Å². The first-order chi connectivity index (χ1) is 17.2. The highest BCUT2D eigenvalue weighted by atomic mass is 35.5. The molecule has 1 aliphatic heterocycles. The van der Waals surface area contributed by atoms with Crippen molar-refractivity contribution in [3.63, 3.8) is 0 Å². The molecule has 2 heterocycles. The van der Waals surface area contributed by atoms with Gasteiger partial charge in [-0.25, -0.2) is 18.0 Å². The summed E-state index contributed by atoms with van der Waals surface area (Å²) in [5.41, 5.74) is 4.77. The second-order valence-corrected chi connectivity index (χ2v) is 8.67. The number of carbonyl (C=O) groups is 1. The summed E-state index contributed by atoms with van der Waals surface area (Å²) >= 11 is 6.23. The number of primary amides is 1. The second-order valence-electron chi connectivity index (χ2n) is 8.29. The first kappa shape index (κ1) is 25.6. The summed E-state index contributed by atoms with van der Waals surface area (Å²) in [4.78, 5) is 24.5. The molecule has 0 bridgehead atoms. The van der Waals surface area contributed by atoms with Crippen LogP contribution in [0.25, 0.3) is 5.69 Å². The van der Waals surface area contributed by atoms with Crippen LogP contribution in [0.4, 0.5) is 18.0 Å². The average molecular weight is 523 g/mol. The van der Waals surface area contributed by atoms with Gasteiger partial charge < -0.3 is 19.9 Å². The van der Waals surface area contributed by atoms with Crippen molar-refractivity contribution in [3.8, 4) is 11.4 Å². The zero-order valence-electron chi connectivity index (χ0n) is 19.1. The van der Waals surface area contributed by atoms with Gasteiger partial charge in [-0.05, 0) is 43.2 Å². The summed E-state index contributed by atoms with van der Waals surface area (Å²) in [6.45, 7) is 2.04. The highest BCUT2D eigenvalue weighted by Crippen LogP contribution is 2.35. The van der Waals surface area contributed by atoms with E-state index in [2.05, 4.69) is 0 Å². The maximum atomic E-state index is 14.3. The van der Waals surface area contributed by atoms with Crippen LogP contribution in [0.15, 0.2) is 47.3 Å². The van der Waals surface area contributed by atoms with Crippen molar-refractivity contribution >= 4 is 17.7 Å². The SMILES string of the molecule is Cc1cc(OCc2ccc(F)cc2C(OC(N)=O)C2CCOC2)c(Cl)c(=O)n1-c1c(F)cccc1F. The monoisotopic (exact) mass is 522 g/mol. The van der Waals surface area contributed by atoms with Gasteiger partial charge in [0.25, 0.3) is 5.56 Å². The van der Waals surface area contributed by atoms with E-state index in [0.29, 0.717) is 30.8 Å². The van der Waals surface area contributed by atoms with Crippen LogP contribution in [0.2, 0.25) is 5.02 Å².